The minimum atomic E-state index is -4.97. The molecule has 0 aromatic carbocycles. The fraction of sp³-hybridized carbons (Fsp3) is 0.600. The highest BCUT2D eigenvalue weighted by Gasteiger charge is 2.39. The highest BCUT2D eigenvalue weighted by Crippen LogP contribution is 2.24. The lowest BCUT2D eigenvalue weighted by atomic mass is 10.3. The number of rotatable bonds is 4. The van der Waals surface area contributed by atoms with E-state index in [9.17, 15) is 22.8 Å². The van der Waals surface area contributed by atoms with Crippen LogP contribution in [0.25, 0.3) is 0 Å². The second kappa shape index (κ2) is 5.73. The molecular weight excluding hydrogens is 319 g/mol. The van der Waals surface area contributed by atoms with Crippen LogP contribution in [-0.4, -0.2) is 40.7 Å². The highest BCUT2D eigenvalue weighted by molar-refractivity contribution is 9.09. The Bertz CT molecular complexity index is 381. The molecule has 1 amide bonds. The van der Waals surface area contributed by atoms with Gasteiger partial charge >= 0.3 is 6.18 Å². The van der Waals surface area contributed by atoms with E-state index < -0.39 is 12.0 Å². The first-order valence-corrected chi connectivity index (χ1v) is 6.07. The zero-order chi connectivity index (χ0) is 13.9. The predicted molar refractivity (Wildman–Crippen MR) is 59.8 cm³/mol. The topological polar surface area (TPSA) is 46.6 Å². The van der Waals surface area contributed by atoms with Crippen LogP contribution in [0.1, 0.15) is 13.3 Å². The Morgan fingerprint density at radius 1 is 1.61 bits per heavy atom. The van der Waals surface area contributed by atoms with E-state index in [1.165, 1.54) is 0 Å². The average Bonchev–Trinajstić information content (AvgIpc) is 2.55. The monoisotopic (exact) mass is 329 g/mol. The Kier molecular flexibility index (Phi) is 4.78. The minimum Gasteiger partial charge on any atom is -0.479 e. The van der Waals surface area contributed by atoms with Crippen LogP contribution in [0.4, 0.5) is 13.2 Å². The predicted octanol–water partition coefficient (Wildman–Crippen LogP) is 1.99. The molecule has 18 heavy (non-hydrogen) atoms. The quantitative estimate of drug-likeness (QED) is 0.450. The van der Waals surface area contributed by atoms with Crippen LogP contribution in [0.2, 0.25) is 0 Å². The first kappa shape index (κ1) is 15.0. The van der Waals surface area contributed by atoms with E-state index in [1.54, 1.807) is 6.92 Å². The normalized spacial score (nSPS) is 21.4. The Balaban J connectivity index is 2.92. The van der Waals surface area contributed by atoms with E-state index in [4.69, 9.17) is 4.74 Å². The van der Waals surface area contributed by atoms with Gasteiger partial charge in [-0.1, -0.05) is 15.9 Å². The molecule has 102 valence electrons. The van der Waals surface area contributed by atoms with Crippen molar-refractivity contribution in [2.24, 2.45) is 0 Å². The van der Waals surface area contributed by atoms with E-state index >= 15 is 0 Å². The van der Waals surface area contributed by atoms with Crippen molar-refractivity contribution in [1.29, 1.82) is 0 Å². The van der Waals surface area contributed by atoms with Crippen LogP contribution in [0.5, 0.6) is 0 Å². The molecule has 0 radical (unpaired) electrons. The molecule has 4 nitrogen and oxygen atoms in total. The van der Waals surface area contributed by atoms with Crippen molar-refractivity contribution in [3.05, 3.63) is 12.0 Å². The van der Waals surface area contributed by atoms with Gasteiger partial charge < -0.3 is 4.74 Å². The molecular formula is C10H11BrF3NO3. The number of alkyl halides is 4. The first-order chi connectivity index (χ1) is 8.25. The maximum absolute atomic E-state index is 12.1. The standard InChI is InChI=1S/C10H11BrF3NO3/c1-2-18-9(4-7(16)10(12,13)14)15-5-6(11)3-8(15)17/h4,6H,2-3,5H2,1H3. The van der Waals surface area contributed by atoms with Gasteiger partial charge in [-0.05, 0) is 6.92 Å². The van der Waals surface area contributed by atoms with E-state index in [2.05, 4.69) is 15.9 Å². The molecule has 0 aromatic rings. The molecule has 8 heteroatoms. The Hall–Kier alpha value is -1.05. The molecule has 0 aliphatic carbocycles. The summed E-state index contributed by atoms with van der Waals surface area (Å²) in [5, 5.41) is 0. The van der Waals surface area contributed by atoms with E-state index in [0.717, 1.165) is 4.90 Å². The number of carbonyl (C=O) groups is 2. The van der Waals surface area contributed by atoms with E-state index in [-0.39, 0.29) is 36.2 Å². The highest BCUT2D eigenvalue weighted by atomic mass is 79.9. The van der Waals surface area contributed by atoms with Gasteiger partial charge in [0.2, 0.25) is 5.91 Å². The van der Waals surface area contributed by atoms with Crippen LogP contribution in [0.15, 0.2) is 12.0 Å². The summed E-state index contributed by atoms with van der Waals surface area (Å²) in [4.78, 5) is 23.3. The smallest absolute Gasteiger partial charge is 0.454 e. The lowest BCUT2D eigenvalue weighted by Gasteiger charge is -2.19. The third kappa shape index (κ3) is 3.72. The largest absolute Gasteiger partial charge is 0.479 e. The van der Waals surface area contributed by atoms with Crippen molar-refractivity contribution in [3.63, 3.8) is 0 Å². The summed E-state index contributed by atoms with van der Waals surface area (Å²) in [7, 11) is 0. The van der Waals surface area contributed by atoms with Crippen LogP contribution < -0.4 is 0 Å². The third-order valence-electron chi connectivity index (χ3n) is 2.17. The van der Waals surface area contributed by atoms with Gasteiger partial charge in [-0.3, -0.25) is 14.5 Å². The Morgan fingerprint density at radius 2 is 2.22 bits per heavy atom. The number of halogens is 4. The molecule has 1 aliphatic rings. The number of carbonyl (C=O) groups excluding carboxylic acids is 2. The summed E-state index contributed by atoms with van der Waals surface area (Å²) in [5.74, 6) is -2.78. The van der Waals surface area contributed by atoms with Crippen LogP contribution in [-0.2, 0) is 14.3 Å². The van der Waals surface area contributed by atoms with Gasteiger partial charge in [0.15, 0.2) is 5.88 Å². The van der Waals surface area contributed by atoms with Crippen LogP contribution in [0, 0.1) is 0 Å². The van der Waals surface area contributed by atoms with E-state index in [1.807, 2.05) is 0 Å². The molecule has 1 aliphatic heterocycles. The number of allylic oxidation sites excluding steroid dienone is 1. The molecule has 1 unspecified atom stereocenters. The summed E-state index contributed by atoms with van der Waals surface area (Å²) < 4.78 is 41.4. The van der Waals surface area contributed by atoms with Gasteiger partial charge in [0.25, 0.3) is 5.78 Å². The maximum Gasteiger partial charge on any atom is 0.454 e. The molecule has 1 rings (SSSR count). The second-order valence-corrected chi connectivity index (χ2v) is 4.88. The number of hydrogen-bond acceptors (Lipinski definition) is 3. The summed E-state index contributed by atoms with van der Waals surface area (Å²) >= 11 is 3.19. The number of hydrogen-bond donors (Lipinski definition) is 0. The molecule has 0 saturated carbocycles. The molecule has 0 bridgehead atoms. The van der Waals surface area contributed by atoms with Crippen molar-refractivity contribution in [2.45, 2.75) is 24.3 Å². The molecule has 1 atom stereocenters. The fourth-order valence-corrected chi connectivity index (χ4v) is 1.98. The second-order valence-electron chi connectivity index (χ2n) is 3.58. The fourth-order valence-electron chi connectivity index (χ4n) is 1.42. The Morgan fingerprint density at radius 3 is 2.61 bits per heavy atom. The van der Waals surface area contributed by atoms with Crippen molar-refractivity contribution < 1.29 is 27.5 Å². The number of likely N-dealkylation sites (tertiary alicyclic amines) is 1. The van der Waals surface area contributed by atoms with Gasteiger partial charge in [-0.2, -0.15) is 13.2 Å². The SMILES string of the molecule is CCOC(=CC(=O)C(F)(F)F)N1CC(Br)CC1=O. The van der Waals surface area contributed by atoms with Gasteiger partial charge in [0, 0.05) is 17.8 Å². The van der Waals surface area contributed by atoms with Crippen LogP contribution >= 0.6 is 15.9 Å². The molecule has 1 fully saturated rings. The Labute approximate surface area is 110 Å². The molecule has 1 heterocycles. The zero-order valence-corrected chi connectivity index (χ0v) is 11.0. The molecule has 1 saturated heterocycles. The van der Waals surface area contributed by atoms with Gasteiger partial charge in [-0.25, -0.2) is 0 Å². The lowest BCUT2D eigenvalue weighted by Crippen LogP contribution is -2.29. The first-order valence-electron chi connectivity index (χ1n) is 5.15. The number of amides is 1. The average molecular weight is 330 g/mol. The van der Waals surface area contributed by atoms with Gasteiger partial charge in [0.1, 0.15) is 0 Å². The third-order valence-corrected chi connectivity index (χ3v) is 2.78. The minimum absolute atomic E-state index is 0.0632. The van der Waals surface area contributed by atoms with Crippen molar-refractivity contribution >= 4 is 27.6 Å². The van der Waals surface area contributed by atoms with Gasteiger partial charge in [-0.15, -0.1) is 0 Å². The number of ketones is 1. The zero-order valence-electron chi connectivity index (χ0n) is 9.46. The van der Waals surface area contributed by atoms with Crippen molar-refractivity contribution in [3.8, 4) is 0 Å². The van der Waals surface area contributed by atoms with Crippen molar-refractivity contribution in [1.82, 2.24) is 4.90 Å². The van der Waals surface area contributed by atoms with Gasteiger partial charge in [0.05, 0.1) is 12.7 Å². The number of ether oxygens (including phenoxy) is 1. The summed E-state index contributed by atoms with van der Waals surface area (Å²) in [5.41, 5.74) is 0. The molecule has 0 aromatic heterocycles. The van der Waals surface area contributed by atoms with Crippen LogP contribution in [0.3, 0.4) is 0 Å². The molecule has 0 spiro atoms. The summed E-state index contributed by atoms with van der Waals surface area (Å²) in [6.45, 7) is 1.79. The van der Waals surface area contributed by atoms with Crippen molar-refractivity contribution in [2.75, 3.05) is 13.2 Å². The maximum atomic E-state index is 12.1. The lowest BCUT2D eigenvalue weighted by molar-refractivity contribution is -0.165. The van der Waals surface area contributed by atoms with E-state index in [0.29, 0.717) is 6.08 Å². The number of nitrogens with zero attached hydrogens (tertiary/aromatic N) is 1. The summed E-state index contributed by atoms with van der Waals surface area (Å²) in [6.07, 6.45) is -4.50. The molecule has 0 N–H and O–H groups in total. The summed E-state index contributed by atoms with van der Waals surface area (Å²) in [6, 6.07) is 0.